The van der Waals surface area contributed by atoms with Gasteiger partial charge in [0.2, 0.25) is 0 Å². The Labute approximate surface area is 160 Å². The Kier molecular flexibility index (Phi) is 5.77. The minimum atomic E-state index is 0.141. The van der Waals surface area contributed by atoms with Crippen molar-refractivity contribution < 1.29 is 14.3 Å². The van der Waals surface area contributed by atoms with Crippen molar-refractivity contribution in [3.63, 3.8) is 0 Å². The first-order valence-electron chi connectivity index (χ1n) is 8.87. The van der Waals surface area contributed by atoms with Crippen LogP contribution in [0.2, 0.25) is 0 Å². The van der Waals surface area contributed by atoms with Crippen LogP contribution in [-0.4, -0.2) is 20.0 Å². The van der Waals surface area contributed by atoms with Gasteiger partial charge in [-0.05, 0) is 72.8 Å². The molecule has 27 heavy (non-hydrogen) atoms. The van der Waals surface area contributed by atoms with E-state index in [9.17, 15) is 4.79 Å². The van der Waals surface area contributed by atoms with Crippen LogP contribution in [0.5, 0.6) is 11.5 Å². The number of benzene rings is 3. The van der Waals surface area contributed by atoms with Crippen LogP contribution in [0.15, 0.2) is 72.8 Å². The van der Waals surface area contributed by atoms with Gasteiger partial charge in [0.1, 0.15) is 11.5 Å². The molecule has 0 spiro atoms. The lowest BCUT2D eigenvalue weighted by Gasteiger charge is -2.26. The van der Waals surface area contributed by atoms with Crippen molar-refractivity contribution in [2.24, 2.45) is 0 Å². The molecule has 4 heteroatoms. The summed E-state index contributed by atoms with van der Waals surface area (Å²) in [5.74, 6) is 1.75. The molecule has 0 unspecified atom stereocenters. The van der Waals surface area contributed by atoms with Crippen molar-refractivity contribution in [2.45, 2.75) is 13.3 Å². The van der Waals surface area contributed by atoms with Crippen LogP contribution >= 0.6 is 0 Å². The average Bonchev–Trinajstić information content (AvgIpc) is 2.75. The van der Waals surface area contributed by atoms with Gasteiger partial charge in [-0.25, -0.2) is 0 Å². The first kappa shape index (κ1) is 18.5. The van der Waals surface area contributed by atoms with E-state index in [-0.39, 0.29) is 5.78 Å². The smallest absolute Gasteiger partial charge is 0.162 e. The summed E-state index contributed by atoms with van der Waals surface area (Å²) in [5, 5.41) is 0. The van der Waals surface area contributed by atoms with Gasteiger partial charge in [-0.15, -0.1) is 0 Å². The molecule has 3 rings (SSSR count). The van der Waals surface area contributed by atoms with Gasteiger partial charge < -0.3 is 14.4 Å². The number of hydrogen-bond acceptors (Lipinski definition) is 4. The molecule has 0 saturated carbocycles. The molecule has 3 aromatic rings. The maximum Gasteiger partial charge on any atom is 0.162 e. The Hall–Kier alpha value is -3.27. The van der Waals surface area contributed by atoms with E-state index in [0.29, 0.717) is 6.42 Å². The third-order valence-corrected chi connectivity index (χ3v) is 4.43. The molecule has 0 saturated heterocycles. The van der Waals surface area contributed by atoms with E-state index in [4.69, 9.17) is 9.47 Å². The normalized spacial score (nSPS) is 10.3. The fourth-order valence-corrected chi connectivity index (χ4v) is 2.91. The highest BCUT2D eigenvalue weighted by atomic mass is 16.5. The van der Waals surface area contributed by atoms with Crippen LogP contribution in [0.1, 0.15) is 23.7 Å². The number of carbonyl (C=O) groups excluding carboxylic acids is 1. The van der Waals surface area contributed by atoms with E-state index >= 15 is 0 Å². The Morgan fingerprint density at radius 2 is 1.07 bits per heavy atom. The highest BCUT2D eigenvalue weighted by Gasteiger charge is 2.13. The number of ketones is 1. The van der Waals surface area contributed by atoms with Crippen LogP contribution in [0.4, 0.5) is 17.1 Å². The largest absolute Gasteiger partial charge is 0.497 e. The van der Waals surface area contributed by atoms with Crippen LogP contribution in [0, 0.1) is 0 Å². The summed E-state index contributed by atoms with van der Waals surface area (Å²) in [4.78, 5) is 14.1. The van der Waals surface area contributed by atoms with Crippen molar-refractivity contribution in [1.82, 2.24) is 0 Å². The summed E-state index contributed by atoms with van der Waals surface area (Å²) in [6.45, 7) is 1.87. The number of carbonyl (C=O) groups is 1. The van der Waals surface area contributed by atoms with Crippen molar-refractivity contribution in [1.29, 1.82) is 0 Å². The molecule has 0 N–H and O–H groups in total. The predicted octanol–water partition coefficient (Wildman–Crippen LogP) is 5.77. The summed E-state index contributed by atoms with van der Waals surface area (Å²) in [6.07, 6.45) is 0.500. The Balaban J connectivity index is 2.03. The average molecular weight is 361 g/mol. The summed E-state index contributed by atoms with van der Waals surface area (Å²) in [5.41, 5.74) is 3.69. The molecule has 0 amide bonds. The molecule has 0 aromatic heterocycles. The Morgan fingerprint density at radius 3 is 1.41 bits per heavy atom. The maximum atomic E-state index is 11.9. The molecule has 0 fully saturated rings. The van der Waals surface area contributed by atoms with Crippen molar-refractivity contribution in [2.75, 3.05) is 19.1 Å². The number of rotatable bonds is 7. The van der Waals surface area contributed by atoms with Gasteiger partial charge in [0.05, 0.1) is 14.2 Å². The third kappa shape index (κ3) is 4.11. The fraction of sp³-hybridized carbons (Fsp3) is 0.174. The molecule has 138 valence electrons. The summed E-state index contributed by atoms with van der Waals surface area (Å²) in [7, 11) is 3.30. The van der Waals surface area contributed by atoms with E-state index in [0.717, 1.165) is 34.1 Å². The van der Waals surface area contributed by atoms with Crippen molar-refractivity contribution in [3.8, 4) is 11.5 Å². The first-order chi connectivity index (χ1) is 13.2. The lowest BCUT2D eigenvalue weighted by atomic mass is 10.1. The van der Waals surface area contributed by atoms with Crippen molar-refractivity contribution >= 4 is 22.8 Å². The molecule has 0 atom stereocenters. The van der Waals surface area contributed by atoms with E-state index in [1.54, 1.807) is 14.2 Å². The molecule has 0 aliphatic rings. The van der Waals surface area contributed by atoms with Gasteiger partial charge in [-0.2, -0.15) is 0 Å². The highest BCUT2D eigenvalue weighted by molar-refractivity contribution is 5.96. The molecular formula is C23H23NO3. The number of nitrogens with zero attached hydrogens (tertiary/aromatic N) is 1. The van der Waals surface area contributed by atoms with Crippen molar-refractivity contribution in [3.05, 3.63) is 78.4 Å². The highest BCUT2D eigenvalue weighted by Crippen LogP contribution is 2.36. The number of hydrogen-bond donors (Lipinski definition) is 0. The van der Waals surface area contributed by atoms with E-state index < -0.39 is 0 Å². The lowest BCUT2D eigenvalue weighted by Crippen LogP contribution is -2.10. The second-order valence-electron chi connectivity index (χ2n) is 6.06. The summed E-state index contributed by atoms with van der Waals surface area (Å²) < 4.78 is 10.5. The fourth-order valence-electron chi connectivity index (χ4n) is 2.91. The third-order valence-electron chi connectivity index (χ3n) is 4.43. The quantitative estimate of drug-likeness (QED) is 0.501. The Morgan fingerprint density at radius 1 is 0.704 bits per heavy atom. The SMILES string of the molecule is CCC(=O)c1ccc(N(c2ccc(OC)cc2)c2ccc(OC)cc2)cc1. The van der Waals surface area contributed by atoms with Crippen LogP contribution in [0.25, 0.3) is 0 Å². The number of ether oxygens (including phenoxy) is 2. The molecule has 4 nitrogen and oxygen atoms in total. The minimum Gasteiger partial charge on any atom is -0.497 e. The number of Topliss-reactive ketones (excluding diaryl/α,β-unsaturated/α-hetero) is 1. The molecule has 0 bridgehead atoms. The van der Waals surface area contributed by atoms with E-state index in [1.165, 1.54) is 0 Å². The second kappa shape index (κ2) is 8.41. The standard InChI is InChI=1S/C23H23NO3/c1-4-23(25)17-5-7-18(8-6-17)24(19-9-13-21(26-2)14-10-19)20-11-15-22(27-3)16-12-20/h5-16H,4H2,1-3H3. The van der Waals surface area contributed by atoms with Gasteiger partial charge in [0, 0.05) is 29.0 Å². The van der Waals surface area contributed by atoms with Crippen LogP contribution < -0.4 is 14.4 Å². The second-order valence-corrected chi connectivity index (χ2v) is 6.06. The summed E-state index contributed by atoms with van der Waals surface area (Å²) in [6, 6.07) is 23.4. The maximum absolute atomic E-state index is 11.9. The lowest BCUT2D eigenvalue weighted by molar-refractivity contribution is 0.0988. The minimum absolute atomic E-state index is 0.141. The molecule has 0 radical (unpaired) electrons. The van der Waals surface area contributed by atoms with E-state index in [1.807, 2.05) is 79.7 Å². The zero-order valence-corrected chi connectivity index (χ0v) is 15.8. The monoisotopic (exact) mass is 361 g/mol. The van der Waals surface area contributed by atoms with Crippen LogP contribution in [-0.2, 0) is 0 Å². The first-order valence-corrected chi connectivity index (χ1v) is 8.87. The summed E-state index contributed by atoms with van der Waals surface area (Å²) >= 11 is 0. The molecule has 0 aliphatic carbocycles. The van der Waals surface area contributed by atoms with Gasteiger partial charge in [-0.3, -0.25) is 4.79 Å². The zero-order chi connectivity index (χ0) is 19.2. The van der Waals surface area contributed by atoms with E-state index in [2.05, 4.69) is 4.90 Å². The van der Waals surface area contributed by atoms with Gasteiger partial charge in [0.25, 0.3) is 0 Å². The topological polar surface area (TPSA) is 38.8 Å². The predicted molar refractivity (Wildman–Crippen MR) is 109 cm³/mol. The van der Waals surface area contributed by atoms with Gasteiger partial charge >= 0.3 is 0 Å². The molecule has 0 heterocycles. The molecule has 0 aliphatic heterocycles. The zero-order valence-electron chi connectivity index (χ0n) is 15.8. The van der Waals surface area contributed by atoms with Crippen LogP contribution in [0.3, 0.4) is 0 Å². The Bertz CT molecular complexity index is 837. The number of anilines is 3. The molecule has 3 aromatic carbocycles. The van der Waals surface area contributed by atoms with Gasteiger partial charge in [-0.1, -0.05) is 6.92 Å². The van der Waals surface area contributed by atoms with Gasteiger partial charge in [0.15, 0.2) is 5.78 Å². The number of methoxy groups -OCH3 is 2. The molecular weight excluding hydrogens is 338 g/mol.